The Bertz CT molecular complexity index is 1290. The summed E-state index contributed by atoms with van der Waals surface area (Å²) in [5.74, 6) is -2.56. The molecule has 0 heterocycles. The highest BCUT2D eigenvalue weighted by Crippen LogP contribution is 2.17. The highest BCUT2D eigenvalue weighted by atomic mass is 16.8. The smallest absolute Gasteiger partial charge is 0.462 e. The molecular formula is C49H81NO12. The first-order valence-electron chi connectivity index (χ1n) is 24.0. The van der Waals surface area contributed by atoms with E-state index < -0.39 is 42.9 Å². The van der Waals surface area contributed by atoms with Crippen molar-refractivity contribution in [1.82, 2.24) is 0 Å². The van der Waals surface area contributed by atoms with Gasteiger partial charge in [0.05, 0.1) is 12.8 Å². The van der Waals surface area contributed by atoms with E-state index in [1.165, 1.54) is 147 Å². The number of hydrogen-bond acceptors (Lipinski definition) is 12. The van der Waals surface area contributed by atoms with Gasteiger partial charge in [0, 0.05) is 25.5 Å². The van der Waals surface area contributed by atoms with Gasteiger partial charge in [0.2, 0.25) is 12.7 Å². The lowest BCUT2D eigenvalue weighted by atomic mass is 10.0. The van der Waals surface area contributed by atoms with Crippen LogP contribution < -0.4 is 10.1 Å². The quantitative estimate of drug-likeness (QED) is 0.0218. The molecule has 62 heavy (non-hydrogen) atoms. The second-order valence-electron chi connectivity index (χ2n) is 16.3. The maximum absolute atomic E-state index is 12.7. The molecule has 354 valence electrons. The van der Waals surface area contributed by atoms with Gasteiger partial charge in [-0.15, -0.1) is 0 Å². The van der Waals surface area contributed by atoms with Crippen molar-refractivity contribution in [3.8, 4) is 5.75 Å². The van der Waals surface area contributed by atoms with E-state index in [1.54, 1.807) is 0 Å². The first kappa shape index (κ1) is 55.9. The van der Waals surface area contributed by atoms with Crippen molar-refractivity contribution < 1.29 is 57.2 Å². The third kappa shape index (κ3) is 35.4. The van der Waals surface area contributed by atoms with Gasteiger partial charge in [-0.1, -0.05) is 168 Å². The molecule has 0 radical (unpaired) electrons. The summed E-state index contributed by atoms with van der Waals surface area (Å²) in [4.78, 5) is 73.1. The van der Waals surface area contributed by atoms with E-state index in [2.05, 4.69) is 19.2 Å². The van der Waals surface area contributed by atoms with Crippen molar-refractivity contribution in [3.63, 3.8) is 0 Å². The number of carbonyl (C=O) groups excluding carboxylic acids is 6. The highest BCUT2D eigenvalue weighted by molar-refractivity contribution is 5.88. The molecule has 13 heteroatoms. The Hall–Kier alpha value is -4.16. The maximum atomic E-state index is 12.7. The Morgan fingerprint density at radius 2 is 0.823 bits per heavy atom. The molecule has 0 aliphatic rings. The van der Waals surface area contributed by atoms with Crippen molar-refractivity contribution >= 4 is 41.6 Å². The van der Waals surface area contributed by atoms with Gasteiger partial charge in [-0.05, 0) is 37.1 Å². The summed E-state index contributed by atoms with van der Waals surface area (Å²) in [6.07, 6.45) is 28.6. The van der Waals surface area contributed by atoms with Crippen LogP contribution in [0.5, 0.6) is 5.75 Å². The predicted molar refractivity (Wildman–Crippen MR) is 240 cm³/mol. The number of unbranched alkanes of at least 4 members (excludes halogenated alkanes) is 24. The number of amides is 1. The molecule has 1 rings (SSSR count). The molecule has 0 saturated carbocycles. The van der Waals surface area contributed by atoms with Gasteiger partial charge in [0.1, 0.15) is 19.0 Å². The summed E-state index contributed by atoms with van der Waals surface area (Å²) >= 11 is 0. The summed E-state index contributed by atoms with van der Waals surface area (Å²) in [6.45, 7) is 4.52. The normalized spacial score (nSPS) is 10.9. The number of rotatable bonds is 40. The van der Waals surface area contributed by atoms with Crippen LogP contribution in [-0.4, -0.2) is 62.1 Å². The molecule has 1 aromatic rings. The van der Waals surface area contributed by atoms with E-state index in [1.807, 2.05) is 0 Å². The number of nitrogens with one attached hydrogen (secondary N) is 1. The third-order valence-electron chi connectivity index (χ3n) is 10.4. The van der Waals surface area contributed by atoms with Crippen molar-refractivity contribution in [2.45, 2.75) is 219 Å². The minimum absolute atomic E-state index is 0.142. The lowest BCUT2D eigenvalue weighted by Crippen LogP contribution is -2.31. The van der Waals surface area contributed by atoms with Gasteiger partial charge in [-0.2, -0.15) is 0 Å². The molecule has 0 spiro atoms. The number of anilines is 1. The first-order chi connectivity index (χ1) is 30.1. The Morgan fingerprint density at radius 3 is 1.23 bits per heavy atom. The van der Waals surface area contributed by atoms with Crippen LogP contribution >= 0.6 is 0 Å². The summed E-state index contributed by atoms with van der Waals surface area (Å²) in [6, 6.07) is 5.95. The lowest BCUT2D eigenvalue weighted by molar-refractivity contribution is -0.168. The summed E-state index contributed by atoms with van der Waals surface area (Å²) in [5.41, 5.74) is 0.513. The van der Waals surface area contributed by atoms with Crippen LogP contribution in [0.1, 0.15) is 213 Å². The van der Waals surface area contributed by atoms with Crippen molar-refractivity contribution in [3.05, 3.63) is 24.3 Å². The van der Waals surface area contributed by atoms with Gasteiger partial charge in [-0.3, -0.25) is 24.0 Å². The fourth-order valence-corrected chi connectivity index (χ4v) is 6.81. The summed E-state index contributed by atoms with van der Waals surface area (Å²) < 4.78 is 30.9. The van der Waals surface area contributed by atoms with Gasteiger partial charge >= 0.3 is 30.0 Å². The summed E-state index contributed by atoms with van der Waals surface area (Å²) in [7, 11) is 0. The lowest BCUT2D eigenvalue weighted by Gasteiger charge is -2.18. The van der Waals surface area contributed by atoms with E-state index >= 15 is 0 Å². The average Bonchev–Trinajstić information content (AvgIpc) is 3.24. The van der Waals surface area contributed by atoms with E-state index in [9.17, 15) is 28.8 Å². The summed E-state index contributed by atoms with van der Waals surface area (Å²) in [5, 5.41) is 2.58. The Balaban J connectivity index is 2.41. The van der Waals surface area contributed by atoms with Crippen LogP contribution in [0.4, 0.5) is 10.5 Å². The minimum atomic E-state index is -1.13. The van der Waals surface area contributed by atoms with E-state index in [0.29, 0.717) is 18.5 Å². The number of carbonyl (C=O) groups is 6. The van der Waals surface area contributed by atoms with Crippen molar-refractivity contribution in [1.29, 1.82) is 0 Å². The van der Waals surface area contributed by atoms with Gasteiger partial charge in [0.25, 0.3) is 0 Å². The third-order valence-corrected chi connectivity index (χ3v) is 10.4. The average molecular weight is 876 g/mol. The van der Waals surface area contributed by atoms with Crippen LogP contribution in [0.2, 0.25) is 0 Å². The Morgan fingerprint density at radius 1 is 0.452 bits per heavy atom. The number of ether oxygens (including phenoxy) is 6. The van der Waals surface area contributed by atoms with E-state index in [4.69, 9.17) is 28.4 Å². The fourth-order valence-electron chi connectivity index (χ4n) is 6.81. The maximum Gasteiger partial charge on any atom is 0.516 e. The molecule has 0 aromatic heterocycles. The molecule has 0 fully saturated rings. The fraction of sp³-hybridized carbons (Fsp3) is 0.755. The molecule has 1 amide bonds. The first-order valence-corrected chi connectivity index (χ1v) is 24.0. The largest absolute Gasteiger partial charge is 0.516 e. The molecule has 0 saturated heterocycles. The zero-order chi connectivity index (χ0) is 45.3. The van der Waals surface area contributed by atoms with Crippen LogP contribution in [-0.2, 0) is 47.7 Å². The SMILES string of the molecule is CCCCCCCCCCCCCCCC(=O)OCC(COC(=O)CCCCCCCCCCCCCCC)OC(=O)CCC(=O)OCOC(=O)Oc1ccc(NC(C)=O)cc1. The van der Waals surface area contributed by atoms with Crippen molar-refractivity contribution in [2.24, 2.45) is 0 Å². The van der Waals surface area contributed by atoms with Gasteiger partial charge < -0.3 is 33.7 Å². The molecule has 0 unspecified atom stereocenters. The molecule has 0 aliphatic carbocycles. The predicted octanol–water partition coefficient (Wildman–Crippen LogP) is 12.4. The molecule has 1 aromatic carbocycles. The molecule has 1 N–H and O–H groups in total. The second-order valence-corrected chi connectivity index (χ2v) is 16.3. The molecule has 0 bridgehead atoms. The van der Waals surface area contributed by atoms with Gasteiger partial charge in [-0.25, -0.2) is 4.79 Å². The highest BCUT2D eigenvalue weighted by Gasteiger charge is 2.21. The molecule has 0 atom stereocenters. The number of benzene rings is 1. The van der Waals surface area contributed by atoms with Crippen LogP contribution in [0.25, 0.3) is 0 Å². The minimum Gasteiger partial charge on any atom is -0.462 e. The topological polar surface area (TPSA) is 170 Å². The van der Waals surface area contributed by atoms with E-state index in [-0.39, 0.29) is 50.6 Å². The number of esters is 4. The van der Waals surface area contributed by atoms with Crippen molar-refractivity contribution in [2.75, 3.05) is 25.3 Å². The molecule has 13 nitrogen and oxygen atoms in total. The number of hydrogen-bond donors (Lipinski definition) is 1. The van der Waals surface area contributed by atoms with Gasteiger partial charge in [0.15, 0.2) is 6.10 Å². The Kier molecular flexibility index (Phi) is 35.7. The zero-order valence-corrected chi connectivity index (χ0v) is 38.6. The second kappa shape index (κ2) is 39.7. The molecular weight excluding hydrogens is 795 g/mol. The van der Waals surface area contributed by atoms with Crippen LogP contribution in [0.3, 0.4) is 0 Å². The van der Waals surface area contributed by atoms with E-state index in [0.717, 1.165) is 38.5 Å². The van der Waals surface area contributed by atoms with Crippen LogP contribution in [0.15, 0.2) is 24.3 Å². The van der Waals surface area contributed by atoms with Crippen LogP contribution in [0, 0.1) is 0 Å². The monoisotopic (exact) mass is 876 g/mol. The Labute approximate surface area is 372 Å². The standard InChI is InChI=1S/C49H81NO12/c1-4-6-8-10-12-14-16-18-20-22-24-26-28-30-45(52)57-38-44(39-58-46(53)31-29-27-25-23-21-19-17-15-13-11-9-7-5-2)61-48(55)37-36-47(54)59-40-60-49(56)62-43-34-32-42(33-35-43)50-41(3)51/h32-35,44H,4-31,36-40H2,1-3H3,(H,50,51). The molecule has 0 aliphatic heterocycles. The zero-order valence-electron chi connectivity index (χ0n) is 38.6.